The van der Waals surface area contributed by atoms with Crippen LogP contribution in [0.4, 0.5) is 5.69 Å². The fourth-order valence-electron chi connectivity index (χ4n) is 1.08. The Balaban J connectivity index is 2.89. The van der Waals surface area contributed by atoms with Gasteiger partial charge >= 0.3 is 0 Å². The van der Waals surface area contributed by atoms with Crippen molar-refractivity contribution in [2.75, 3.05) is 6.54 Å². The van der Waals surface area contributed by atoms with Crippen molar-refractivity contribution in [1.82, 2.24) is 5.32 Å². The van der Waals surface area contributed by atoms with Crippen LogP contribution in [-0.4, -0.2) is 11.5 Å². The topological polar surface area (TPSA) is 55.2 Å². The summed E-state index contributed by atoms with van der Waals surface area (Å²) in [5, 5.41) is 13.7. The summed E-state index contributed by atoms with van der Waals surface area (Å²) in [4.78, 5) is 10.2. The van der Waals surface area contributed by atoms with E-state index < -0.39 is 0 Å². The molecule has 1 N–H and O–H groups in total. The van der Waals surface area contributed by atoms with E-state index in [4.69, 9.17) is 0 Å². The van der Waals surface area contributed by atoms with Crippen molar-refractivity contribution < 1.29 is 4.92 Å². The van der Waals surface area contributed by atoms with Gasteiger partial charge in [0.05, 0.1) is 9.40 Å². The second-order valence-electron chi connectivity index (χ2n) is 2.82. The zero-order valence-electron chi connectivity index (χ0n) is 7.79. The first-order chi connectivity index (χ1) is 6.65. The summed E-state index contributed by atoms with van der Waals surface area (Å²) in [6, 6.07) is 5.14. The van der Waals surface area contributed by atoms with E-state index in [0.29, 0.717) is 11.0 Å². The summed E-state index contributed by atoms with van der Waals surface area (Å²) < 4.78 is 0.516. The van der Waals surface area contributed by atoms with Crippen molar-refractivity contribution in [3.8, 4) is 0 Å². The maximum Gasteiger partial charge on any atom is 0.283 e. The quantitative estimate of drug-likeness (QED) is 0.667. The molecule has 76 valence electrons. The number of hydrogen-bond acceptors (Lipinski definition) is 3. The van der Waals surface area contributed by atoms with Gasteiger partial charge in [0.2, 0.25) is 0 Å². The van der Waals surface area contributed by atoms with Crippen LogP contribution in [-0.2, 0) is 6.54 Å². The van der Waals surface area contributed by atoms with Gasteiger partial charge in [-0.15, -0.1) is 0 Å². The highest BCUT2D eigenvalue weighted by Crippen LogP contribution is 2.25. The van der Waals surface area contributed by atoms with Crippen LogP contribution in [0.5, 0.6) is 0 Å². The predicted octanol–water partition coefficient (Wildman–Crippen LogP) is 2.47. The monoisotopic (exact) mass is 258 g/mol. The van der Waals surface area contributed by atoms with Crippen molar-refractivity contribution in [3.63, 3.8) is 0 Å². The molecular weight excluding hydrogens is 248 g/mol. The molecule has 0 aliphatic carbocycles. The number of benzene rings is 1. The molecule has 0 aromatic heterocycles. The molecule has 0 atom stereocenters. The van der Waals surface area contributed by atoms with E-state index in [-0.39, 0.29) is 10.6 Å². The first-order valence-electron chi connectivity index (χ1n) is 4.28. The van der Waals surface area contributed by atoms with Gasteiger partial charge in [-0.1, -0.05) is 13.0 Å². The van der Waals surface area contributed by atoms with Crippen molar-refractivity contribution in [2.45, 2.75) is 13.5 Å². The molecule has 4 nitrogen and oxygen atoms in total. The fraction of sp³-hybridized carbons (Fsp3) is 0.333. The average Bonchev–Trinajstić information content (AvgIpc) is 2.16. The van der Waals surface area contributed by atoms with Crippen LogP contribution in [0.3, 0.4) is 0 Å². The summed E-state index contributed by atoms with van der Waals surface area (Å²) in [7, 11) is 0. The summed E-state index contributed by atoms with van der Waals surface area (Å²) in [5.41, 5.74) is 1.03. The summed E-state index contributed by atoms with van der Waals surface area (Å²) in [6.07, 6.45) is 0. The predicted molar refractivity (Wildman–Crippen MR) is 58.2 cm³/mol. The van der Waals surface area contributed by atoms with Crippen molar-refractivity contribution >= 4 is 21.6 Å². The Labute approximate surface area is 90.6 Å². The molecular formula is C9H11BrN2O2. The van der Waals surface area contributed by atoms with Gasteiger partial charge in [-0.2, -0.15) is 0 Å². The smallest absolute Gasteiger partial charge is 0.283 e. The van der Waals surface area contributed by atoms with Gasteiger partial charge in [-0.05, 0) is 34.1 Å². The molecule has 0 saturated heterocycles. The number of nitro groups is 1. The Morgan fingerprint density at radius 1 is 1.57 bits per heavy atom. The van der Waals surface area contributed by atoms with Crippen LogP contribution in [0, 0.1) is 10.1 Å². The minimum atomic E-state index is -0.389. The summed E-state index contributed by atoms with van der Waals surface area (Å²) in [6.45, 7) is 3.50. The first kappa shape index (κ1) is 11.1. The third kappa shape index (κ3) is 2.78. The molecule has 0 saturated carbocycles. The van der Waals surface area contributed by atoms with E-state index in [0.717, 1.165) is 12.1 Å². The molecule has 5 heteroatoms. The minimum Gasteiger partial charge on any atom is -0.313 e. The molecule has 0 aliphatic rings. The van der Waals surface area contributed by atoms with E-state index in [1.54, 1.807) is 12.1 Å². The zero-order valence-corrected chi connectivity index (χ0v) is 9.37. The number of halogens is 1. The van der Waals surface area contributed by atoms with Gasteiger partial charge in [-0.3, -0.25) is 10.1 Å². The second-order valence-corrected chi connectivity index (χ2v) is 3.68. The number of nitrogens with zero attached hydrogens (tertiary/aromatic N) is 1. The van der Waals surface area contributed by atoms with Crippen LogP contribution < -0.4 is 5.32 Å². The van der Waals surface area contributed by atoms with E-state index in [2.05, 4.69) is 21.2 Å². The number of rotatable bonds is 4. The molecule has 1 rings (SSSR count). The Morgan fingerprint density at radius 3 is 2.86 bits per heavy atom. The molecule has 14 heavy (non-hydrogen) atoms. The molecule has 0 aliphatic heterocycles. The fourth-order valence-corrected chi connectivity index (χ4v) is 1.47. The summed E-state index contributed by atoms with van der Waals surface area (Å²) in [5.74, 6) is 0. The zero-order chi connectivity index (χ0) is 10.6. The van der Waals surface area contributed by atoms with E-state index in [9.17, 15) is 10.1 Å². The average molecular weight is 259 g/mol. The normalized spacial score (nSPS) is 10.1. The minimum absolute atomic E-state index is 0.111. The van der Waals surface area contributed by atoms with Gasteiger partial charge in [-0.25, -0.2) is 0 Å². The van der Waals surface area contributed by atoms with Gasteiger partial charge in [0.1, 0.15) is 0 Å². The SMILES string of the molecule is CCNCc1ccc(Br)c([N+](=O)[O-])c1. The first-order valence-corrected chi connectivity index (χ1v) is 5.08. The molecule has 0 amide bonds. The molecule has 0 fully saturated rings. The molecule has 0 radical (unpaired) electrons. The highest BCUT2D eigenvalue weighted by Gasteiger charge is 2.11. The van der Waals surface area contributed by atoms with Gasteiger partial charge < -0.3 is 5.32 Å². The number of nitro benzene ring substituents is 1. The van der Waals surface area contributed by atoms with Crippen molar-refractivity contribution in [2.24, 2.45) is 0 Å². The van der Waals surface area contributed by atoms with Crippen LogP contribution in [0.2, 0.25) is 0 Å². The lowest BCUT2D eigenvalue weighted by atomic mass is 10.2. The largest absolute Gasteiger partial charge is 0.313 e. The molecule has 0 spiro atoms. The number of hydrogen-bond donors (Lipinski definition) is 1. The summed E-state index contributed by atoms with van der Waals surface area (Å²) >= 11 is 3.14. The van der Waals surface area contributed by atoms with E-state index >= 15 is 0 Å². The van der Waals surface area contributed by atoms with Gasteiger partial charge in [0.25, 0.3) is 5.69 Å². The standard InChI is InChI=1S/C9H11BrN2O2/c1-2-11-6-7-3-4-8(10)9(5-7)12(13)14/h3-5,11H,2,6H2,1H3. The molecule has 0 bridgehead atoms. The highest BCUT2D eigenvalue weighted by molar-refractivity contribution is 9.10. The van der Waals surface area contributed by atoms with E-state index in [1.165, 1.54) is 0 Å². The Hall–Kier alpha value is -0.940. The highest BCUT2D eigenvalue weighted by atomic mass is 79.9. The Bertz CT molecular complexity index is 342. The molecule has 0 unspecified atom stereocenters. The van der Waals surface area contributed by atoms with Crippen LogP contribution in [0.15, 0.2) is 22.7 Å². The Morgan fingerprint density at radius 2 is 2.29 bits per heavy atom. The molecule has 1 aromatic carbocycles. The van der Waals surface area contributed by atoms with Crippen LogP contribution in [0.1, 0.15) is 12.5 Å². The second kappa shape index (κ2) is 5.07. The lowest BCUT2D eigenvalue weighted by molar-refractivity contribution is -0.385. The van der Waals surface area contributed by atoms with Gasteiger partial charge in [0, 0.05) is 12.6 Å². The van der Waals surface area contributed by atoms with E-state index in [1.807, 2.05) is 13.0 Å². The maximum atomic E-state index is 10.6. The van der Waals surface area contributed by atoms with Gasteiger partial charge in [0.15, 0.2) is 0 Å². The van der Waals surface area contributed by atoms with Crippen molar-refractivity contribution in [3.05, 3.63) is 38.3 Å². The van der Waals surface area contributed by atoms with Crippen LogP contribution >= 0.6 is 15.9 Å². The van der Waals surface area contributed by atoms with Crippen molar-refractivity contribution in [1.29, 1.82) is 0 Å². The third-order valence-electron chi connectivity index (χ3n) is 1.79. The molecule has 1 aromatic rings. The number of nitrogens with one attached hydrogen (secondary N) is 1. The lowest BCUT2D eigenvalue weighted by Gasteiger charge is -2.02. The lowest BCUT2D eigenvalue weighted by Crippen LogP contribution is -2.11. The maximum absolute atomic E-state index is 10.6. The Kier molecular flexibility index (Phi) is 4.03. The van der Waals surface area contributed by atoms with Crippen LogP contribution in [0.25, 0.3) is 0 Å². The third-order valence-corrected chi connectivity index (χ3v) is 2.46. The molecule has 0 heterocycles.